The molecule has 6 nitrogen and oxygen atoms in total. The number of pyridine rings is 1. The molecule has 6 heteroatoms. The number of benzene rings is 1. The fourth-order valence-electron chi connectivity index (χ4n) is 3.76. The second-order valence-electron chi connectivity index (χ2n) is 6.82. The van der Waals surface area contributed by atoms with Gasteiger partial charge in [-0.3, -0.25) is 14.5 Å². The van der Waals surface area contributed by atoms with Gasteiger partial charge in [-0.2, -0.15) is 0 Å². The molecule has 132 valence electrons. The van der Waals surface area contributed by atoms with Crippen LogP contribution in [0.1, 0.15) is 23.2 Å². The molecule has 0 bridgehead atoms. The van der Waals surface area contributed by atoms with Crippen molar-refractivity contribution >= 4 is 16.8 Å². The summed E-state index contributed by atoms with van der Waals surface area (Å²) in [6.45, 7) is 4.91. The summed E-state index contributed by atoms with van der Waals surface area (Å²) in [6.07, 6.45) is 2.63. The first-order chi connectivity index (χ1) is 12.2. The van der Waals surface area contributed by atoms with Crippen LogP contribution in [0.25, 0.3) is 10.9 Å². The van der Waals surface area contributed by atoms with Crippen molar-refractivity contribution in [2.45, 2.75) is 18.9 Å². The van der Waals surface area contributed by atoms with E-state index in [2.05, 4.69) is 9.88 Å². The highest BCUT2D eigenvalue weighted by molar-refractivity contribution is 6.05. The zero-order chi connectivity index (χ0) is 17.2. The van der Waals surface area contributed by atoms with Crippen LogP contribution in [0.4, 0.5) is 0 Å². The van der Waals surface area contributed by atoms with Gasteiger partial charge in [0.1, 0.15) is 0 Å². The molecule has 1 amide bonds. The Labute approximate surface area is 146 Å². The molecule has 1 N–H and O–H groups in total. The van der Waals surface area contributed by atoms with E-state index in [1.807, 2.05) is 29.2 Å². The third-order valence-corrected chi connectivity index (χ3v) is 5.13. The summed E-state index contributed by atoms with van der Waals surface area (Å²) in [5.74, 6) is -0.0564. The predicted molar refractivity (Wildman–Crippen MR) is 95.9 cm³/mol. The van der Waals surface area contributed by atoms with Crippen LogP contribution in [0, 0.1) is 0 Å². The van der Waals surface area contributed by atoms with Gasteiger partial charge in [-0.1, -0.05) is 18.2 Å². The third kappa shape index (κ3) is 3.45. The van der Waals surface area contributed by atoms with Crippen molar-refractivity contribution in [3.8, 4) is 0 Å². The Balaban J connectivity index is 1.46. The lowest BCUT2D eigenvalue weighted by atomic mass is 10.1. The highest BCUT2D eigenvalue weighted by atomic mass is 16.5. The van der Waals surface area contributed by atoms with Crippen LogP contribution < -0.4 is 5.56 Å². The van der Waals surface area contributed by atoms with Crippen LogP contribution in [0.3, 0.4) is 0 Å². The lowest BCUT2D eigenvalue weighted by Crippen LogP contribution is -2.50. The maximum atomic E-state index is 12.9. The van der Waals surface area contributed by atoms with Crippen molar-refractivity contribution in [2.75, 3.05) is 39.3 Å². The summed E-state index contributed by atoms with van der Waals surface area (Å²) >= 11 is 0. The SMILES string of the molecule is O=C(c1cc(=O)[nH]c2ccccc12)N1CCN(C[C@@H]2CCCO2)CC1. The first-order valence-electron chi connectivity index (χ1n) is 8.96. The molecular weight excluding hydrogens is 318 g/mol. The number of aromatic nitrogens is 1. The molecule has 0 saturated carbocycles. The van der Waals surface area contributed by atoms with Gasteiger partial charge in [0.15, 0.2) is 0 Å². The van der Waals surface area contributed by atoms with Crippen LogP contribution >= 0.6 is 0 Å². The molecule has 0 unspecified atom stereocenters. The van der Waals surface area contributed by atoms with Crippen molar-refractivity contribution < 1.29 is 9.53 Å². The van der Waals surface area contributed by atoms with Crippen molar-refractivity contribution in [1.82, 2.24) is 14.8 Å². The molecular formula is C19H23N3O3. The first kappa shape index (κ1) is 16.3. The second-order valence-corrected chi connectivity index (χ2v) is 6.82. The normalized spacial score (nSPS) is 21.8. The van der Waals surface area contributed by atoms with E-state index >= 15 is 0 Å². The molecule has 1 atom stereocenters. The van der Waals surface area contributed by atoms with E-state index in [9.17, 15) is 9.59 Å². The summed E-state index contributed by atoms with van der Waals surface area (Å²) < 4.78 is 5.70. The molecule has 2 aliphatic rings. The molecule has 2 fully saturated rings. The molecule has 25 heavy (non-hydrogen) atoms. The Bertz CT molecular complexity index is 818. The van der Waals surface area contributed by atoms with E-state index in [1.54, 1.807) is 0 Å². The Kier molecular flexibility index (Phi) is 4.55. The fraction of sp³-hybridized carbons (Fsp3) is 0.474. The summed E-state index contributed by atoms with van der Waals surface area (Å²) in [7, 11) is 0. The average Bonchev–Trinajstić information content (AvgIpc) is 3.14. The van der Waals surface area contributed by atoms with Crippen LogP contribution in [-0.2, 0) is 4.74 Å². The van der Waals surface area contributed by atoms with Gasteiger partial charge in [0, 0.05) is 56.3 Å². The maximum Gasteiger partial charge on any atom is 0.254 e. The van der Waals surface area contributed by atoms with E-state index in [0.29, 0.717) is 30.3 Å². The zero-order valence-corrected chi connectivity index (χ0v) is 14.2. The Morgan fingerprint density at radius 1 is 1.20 bits per heavy atom. The molecule has 0 spiro atoms. The highest BCUT2D eigenvalue weighted by Crippen LogP contribution is 2.18. The Morgan fingerprint density at radius 2 is 2.00 bits per heavy atom. The number of ether oxygens (including phenoxy) is 1. The number of piperazine rings is 1. The number of carbonyl (C=O) groups excluding carboxylic acids is 1. The number of nitrogens with zero attached hydrogens (tertiary/aromatic N) is 2. The van der Waals surface area contributed by atoms with E-state index < -0.39 is 0 Å². The topological polar surface area (TPSA) is 65.6 Å². The molecule has 3 heterocycles. The molecule has 0 aliphatic carbocycles. The van der Waals surface area contributed by atoms with E-state index in [0.717, 1.165) is 44.5 Å². The van der Waals surface area contributed by atoms with Crippen molar-refractivity contribution in [3.05, 3.63) is 46.2 Å². The smallest absolute Gasteiger partial charge is 0.254 e. The fourth-order valence-corrected chi connectivity index (χ4v) is 3.76. The molecule has 2 aliphatic heterocycles. The Hall–Kier alpha value is -2.18. The summed E-state index contributed by atoms with van der Waals surface area (Å²) in [4.78, 5) is 31.8. The summed E-state index contributed by atoms with van der Waals surface area (Å²) in [5, 5.41) is 0.800. The van der Waals surface area contributed by atoms with Gasteiger partial charge in [-0.25, -0.2) is 0 Å². The minimum Gasteiger partial charge on any atom is -0.377 e. The number of amides is 1. The van der Waals surface area contributed by atoms with E-state index in [-0.39, 0.29) is 11.5 Å². The van der Waals surface area contributed by atoms with Gasteiger partial charge in [-0.05, 0) is 18.9 Å². The van der Waals surface area contributed by atoms with Crippen LogP contribution in [-0.4, -0.2) is 66.1 Å². The molecule has 1 aromatic heterocycles. The number of nitrogens with one attached hydrogen (secondary N) is 1. The van der Waals surface area contributed by atoms with Crippen molar-refractivity contribution in [2.24, 2.45) is 0 Å². The highest BCUT2D eigenvalue weighted by Gasteiger charge is 2.26. The van der Waals surface area contributed by atoms with Gasteiger partial charge < -0.3 is 14.6 Å². The molecule has 2 aromatic rings. The number of aromatic amines is 1. The second kappa shape index (κ2) is 6.98. The van der Waals surface area contributed by atoms with Gasteiger partial charge in [-0.15, -0.1) is 0 Å². The number of H-pyrrole nitrogens is 1. The lowest BCUT2D eigenvalue weighted by molar-refractivity contribution is 0.0433. The van der Waals surface area contributed by atoms with Crippen LogP contribution in [0.2, 0.25) is 0 Å². The monoisotopic (exact) mass is 341 g/mol. The average molecular weight is 341 g/mol. The van der Waals surface area contributed by atoms with Crippen molar-refractivity contribution in [1.29, 1.82) is 0 Å². The van der Waals surface area contributed by atoms with Gasteiger partial charge in [0.05, 0.1) is 11.7 Å². The number of hydrogen-bond donors (Lipinski definition) is 1. The zero-order valence-electron chi connectivity index (χ0n) is 14.2. The standard InChI is InChI=1S/C19H23N3O3/c23-18-12-16(15-5-1-2-6-17(15)20-18)19(24)22-9-7-21(8-10-22)13-14-4-3-11-25-14/h1-2,5-6,12,14H,3-4,7-11,13H2,(H,20,23)/t14-/m0/s1. The maximum absolute atomic E-state index is 12.9. The number of carbonyl (C=O) groups is 1. The summed E-state index contributed by atoms with van der Waals surface area (Å²) in [6, 6.07) is 8.87. The number of fused-ring (bicyclic) bond motifs is 1. The number of hydrogen-bond acceptors (Lipinski definition) is 4. The van der Waals surface area contributed by atoms with Crippen LogP contribution in [0.15, 0.2) is 35.1 Å². The largest absolute Gasteiger partial charge is 0.377 e. The molecule has 1 aromatic carbocycles. The minimum absolute atomic E-state index is 0.0564. The predicted octanol–water partition coefficient (Wildman–Crippen LogP) is 1.46. The third-order valence-electron chi connectivity index (χ3n) is 5.13. The molecule has 0 radical (unpaired) electrons. The summed E-state index contributed by atoms with van der Waals surface area (Å²) in [5.41, 5.74) is 0.960. The number of para-hydroxylation sites is 1. The van der Waals surface area contributed by atoms with Crippen LogP contribution in [0.5, 0.6) is 0 Å². The van der Waals surface area contributed by atoms with E-state index in [1.165, 1.54) is 6.07 Å². The Morgan fingerprint density at radius 3 is 2.76 bits per heavy atom. The number of rotatable bonds is 3. The van der Waals surface area contributed by atoms with E-state index in [4.69, 9.17) is 4.74 Å². The molecule has 2 saturated heterocycles. The lowest BCUT2D eigenvalue weighted by Gasteiger charge is -2.35. The van der Waals surface area contributed by atoms with Gasteiger partial charge in [0.25, 0.3) is 5.91 Å². The minimum atomic E-state index is -0.237. The first-order valence-corrected chi connectivity index (χ1v) is 8.96. The molecule has 4 rings (SSSR count). The van der Waals surface area contributed by atoms with Gasteiger partial charge in [0.2, 0.25) is 5.56 Å². The van der Waals surface area contributed by atoms with Crippen molar-refractivity contribution in [3.63, 3.8) is 0 Å². The van der Waals surface area contributed by atoms with Gasteiger partial charge >= 0.3 is 0 Å². The quantitative estimate of drug-likeness (QED) is 0.918.